The van der Waals surface area contributed by atoms with Crippen molar-refractivity contribution in [2.24, 2.45) is 10.8 Å². The number of benzene rings is 4. The van der Waals surface area contributed by atoms with Crippen LogP contribution in [0.1, 0.15) is 115 Å². The fraction of sp³-hybridized carbons (Fsp3) is 0.395. The first kappa shape index (κ1) is 36.8. The Bertz CT molecular complexity index is 1760. The molecule has 50 heavy (non-hydrogen) atoms. The summed E-state index contributed by atoms with van der Waals surface area (Å²) in [7, 11) is 2.74. The van der Waals surface area contributed by atoms with Crippen molar-refractivity contribution in [2.75, 3.05) is 14.2 Å². The Morgan fingerprint density at radius 3 is 1.50 bits per heavy atom. The second kappa shape index (κ2) is 14.8. The number of hydrogen-bond donors (Lipinski definition) is 1. The van der Waals surface area contributed by atoms with E-state index in [-0.39, 0.29) is 40.1 Å². The molecule has 0 radical (unpaired) electrons. The molecule has 0 saturated heterocycles. The van der Waals surface area contributed by atoms with E-state index in [1.807, 2.05) is 31.2 Å². The number of phenols is 1. The van der Waals surface area contributed by atoms with Gasteiger partial charge >= 0.3 is 11.9 Å². The zero-order valence-electron chi connectivity index (χ0n) is 30.2. The fourth-order valence-corrected chi connectivity index (χ4v) is 8.05. The summed E-state index contributed by atoms with van der Waals surface area (Å²) in [6.07, 6.45) is 6.51. The maximum absolute atomic E-state index is 14.5. The van der Waals surface area contributed by atoms with Gasteiger partial charge in [0.05, 0.1) is 25.3 Å². The molecule has 2 fully saturated rings. The molecule has 0 bridgehead atoms. The summed E-state index contributed by atoms with van der Waals surface area (Å²) < 4.78 is 38.7. The Labute approximate surface area is 294 Å². The summed E-state index contributed by atoms with van der Waals surface area (Å²) in [4.78, 5) is 24.0. The summed E-state index contributed by atoms with van der Waals surface area (Å²) in [5.74, 6) is -0.839. The number of carbonyl (C=O) groups excluding carboxylic acids is 2. The van der Waals surface area contributed by atoms with E-state index in [0.717, 1.165) is 66.3 Å². The largest absolute Gasteiger partial charge is 0.508 e. The molecule has 2 aliphatic carbocycles. The number of halogens is 2. The van der Waals surface area contributed by atoms with Crippen LogP contribution in [0.25, 0.3) is 22.3 Å². The molecule has 0 amide bonds. The molecule has 6 rings (SSSR count). The van der Waals surface area contributed by atoms with Gasteiger partial charge in [-0.05, 0) is 132 Å². The van der Waals surface area contributed by atoms with Crippen LogP contribution in [0.2, 0.25) is 0 Å². The average molecular weight is 683 g/mol. The third-order valence-corrected chi connectivity index (χ3v) is 10.9. The average Bonchev–Trinajstić information content (AvgIpc) is 3.65. The number of aromatic hydroxyl groups is 1. The Hall–Kier alpha value is -4.52. The molecule has 0 aromatic heterocycles. The fourth-order valence-electron chi connectivity index (χ4n) is 8.05. The van der Waals surface area contributed by atoms with E-state index in [9.17, 15) is 23.5 Å². The van der Waals surface area contributed by atoms with E-state index in [2.05, 4.69) is 27.7 Å². The van der Waals surface area contributed by atoms with Gasteiger partial charge in [-0.15, -0.1) is 0 Å². The molecule has 0 heterocycles. The van der Waals surface area contributed by atoms with Crippen LogP contribution in [0.4, 0.5) is 8.78 Å². The Morgan fingerprint density at radius 1 is 0.640 bits per heavy atom. The van der Waals surface area contributed by atoms with Crippen LogP contribution >= 0.6 is 0 Å². The van der Waals surface area contributed by atoms with Gasteiger partial charge in [-0.2, -0.15) is 0 Å². The van der Waals surface area contributed by atoms with Gasteiger partial charge in [-0.25, -0.2) is 18.4 Å². The van der Waals surface area contributed by atoms with Crippen LogP contribution in [-0.4, -0.2) is 31.3 Å². The van der Waals surface area contributed by atoms with Gasteiger partial charge in [0.2, 0.25) is 0 Å². The highest BCUT2D eigenvalue weighted by Gasteiger charge is 2.38. The third-order valence-electron chi connectivity index (χ3n) is 10.9. The smallest absolute Gasteiger partial charge is 0.337 e. The Kier molecular flexibility index (Phi) is 10.8. The summed E-state index contributed by atoms with van der Waals surface area (Å²) in [5.41, 5.74) is 6.76. The van der Waals surface area contributed by atoms with Crippen molar-refractivity contribution in [3.05, 3.63) is 112 Å². The predicted octanol–water partition coefficient (Wildman–Crippen LogP) is 11.2. The lowest BCUT2D eigenvalue weighted by Gasteiger charge is -2.29. The molecule has 0 aliphatic heterocycles. The van der Waals surface area contributed by atoms with Crippen LogP contribution in [-0.2, 0) is 9.47 Å². The number of ether oxygens (including phenoxy) is 2. The molecule has 7 heteroatoms. The summed E-state index contributed by atoms with van der Waals surface area (Å²) in [5, 5.41) is 9.80. The van der Waals surface area contributed by atoms with Gasteiger partial charge in [0.25, 0.3) is 0 Å². The Morgan fingerprint density at radius 2 is 1.08 bits per heavy atom. The molecule has 2 atom stereocenters. The van der Waals surface area contributed by atoms with Crippen molar-refractivity contribution in [2.45, 2.75) is 85.0 Å². The zero-order chi connectivity index (χ0) is 36.4. The van der Waals surface area contributed by atoms with Crippen molar-refractivity contribution in [1.82, 2.24) is 0 Å². The highest BCUT2D eigenvalue weighted by Crippen LogP contribution is 2.52. The van der Waals surface area contributed by atoms with E-state index in [4.69, 9.17) is 9.47 Å². The lowest BCUT2D eigenvalue weighted by molar-refractivity contribution is 0.0591. The molecular formula is C43H48F2O5. The van der Waals surface area contributed by atoms with E-state index in [1.165, 1.54) is 38.5 Å². The monoisotopic (exact) mass is 682 g/mol. The second-order valence-corrected chi connectivity index (χ2v) is 15.1. The standard InChI is InChI=1S/C22H25FO2.C21H23FO3/c1-14-7-10-20(23)18(12-14)16-9-8-15(21(24)25-4)13-17(16)19-6-5-11-22(19,2)3;1-21(2)10-4-5-18(21)16-11-13(20(24)25-3)6-8-15(16)17-12-14(23)7-9-19(17)22/h7-10,12-13,19H,5-6,11H2,1-4H3;6-9,11-12,18,23H,4-5,10H2,1-3H3. The normalized spacial score (nSPS) is 19.0. The topological polar surface area (TPSA) is 72.8 Å². The van der Waals surface area contributed by atoms with Gasteiger partial charge < -0.3 is 14.6 Å². The van der Waals surface area contributed by atoms with Crippen LogP contribution in [0, 0.1) is 29.4 Å². The van der Waals surface area contributed by atoms with E-state index < -0.39 is 5.97 Å². The van der Waals surface area contributed by atoms with Gasteiger partial charge in [0.15, 0.2) is 0 Å². The highest BCUT2D eigenvalue weighted by molar-refractivity contribution is 5.91. The van der Waals surface area contributed by atoms with Crippen molar-refractivity contribution >= 4 is 11.9 Å². The lowest BCUT2D eigenvalue weighted by atomic mass is 9.75. The van der Waals surface area contributed by atoms with Crippen LogP contribution < -0.4 is 0 Å². The van der Waals surface area contributed by atoms with Gasteiger partial charge in [0, 0.05) is 11.1 Å². The molecule has 4 aromatic rings. The quantitative estimate of drug-likeness (QED) is 0.205. The highest BCUT2D eigenvalue weighted by atomic mass is 19.1. The van der Waals surface area contributed by atoms with Gasteiger partial charge in [-0.3, -0.25) is 0 Å². The molecule has 2 saturated carbocycles. The Balaban J connectivity index is 0.000000194. The predicted molar refractivity (Wildman–Crippen MR) is 193 cm³/mol. The van der Waals surface area contributed by atoms with E-state index >= 15 is 0 Å². The van der Waals surface area contributed by atoms with E-state index in [1.54, 1.807) is 24.3 Å². The molecule has 2 unspecified atom stereocenters. The molecular weight excluding hydrogens is 634 g/mol. The summed E-state index contributed by atoms with van der Waals surface area (Å²) in [6, 6.07) is 19.9. The first-order chi connectivity index (χ1) is 23.7. The molecule has 0 spiro atoms. The van der Waals surface area contributed by atoms with Crippen LogP contribution in [0.15, 0.2) is 72.8 Å². The molecule has 5 nitrogen and oxygen atoms in total. The lowest BCUT2D eigenvalue weighted by Crippen LogP contribution is -2.17. The van der Waals surface area contributed by atoms with Crippen LogP contribution in [0.5, 0.6) is 5.75 Å². The van der Waals surface area contributed by atoms with Crippen molar-refractivity contribution in [3.63, 3.8) is 0 Å². The molecule has 4 aromatic carbocycles. The van der Waals surface area contributed by atoms with Crippen molar-refractivity contribution in [3.8, 4) is 28.0 Å². The van der Waals surface area contributed by atoms with Crippen molar-refractivity contribution < 1.29 is 33.0 Å². The maximum atomic E-state index is 14.5. The number of methoxy groups -OCH3 is 2. The number of aryl methyl sites for hydroxylation is 1. The minimum atomic E-state index is -0.403. The number of carbonyl (C=O) groups is 2. The van der Waals surface area contributed by atoms with Crippen LogP contribution in [0.3, 0.4) is 0 Å². The molecule has 1 N–H and O–H groups in total. The minimum Gasteiger partial charge on any atom is -0.508 e. The number of esters is 2. The number of hydrogen-bond acceptors (Lipinski definition) is 5. The molecule has 264 valence electrons. The minimum absolute atomic E-state index is 0.0186. The molecule has 2 aliphatic rings. The van der Waals surface area contributed by atoms with E-state index in [0.29, 0.717) is 28.2 Å². The zero-order valence-corrected chi connectivity index (χ0v) is 30.2. The number of rotatable bonds is 6. The second-order valence-electron chi connectivity index (χ2n) is 15.1. The van der Waals surface area contributed by atoms with Crippen molar-refractivity contribution in [1.29, 1.82) is 0 Å². The van der Waals surface area contributed by atoms with Gasteiger partial charge in [-0.1, -0.05) is 64.3 Å². The SMILES string of the molecule is COC(=O)c1ccc(-c2cc(C)ccc2F)c(C2CCCC2(C)C)c1.COC(=O)c1ccc(-c2cc(O)ccc2F)c(C2CCCC2(C)C)c1. The summed E-state index contributed by atoms with van der Waals surface area (Å²) >= 11 is 0. The summed E-state index contributed by atoms with van der Waals surface area (Å²) in [6.45, 7) is 10.9. The van der Waals surface area contributed by atoms with Gasteiger partial charge in [0.1, 0.15) is 17.4 Å². The maximum Gasteiger partial charge on any atom is 0.337 e. The number of phenolic OH excluding ortho intramolecular Hbond substituents is 1. The third kappa shape index (κ3) is 7.62. The first-order valence-electron chi connectivity index (χ1n) is 17.4. The first-order valence-corrected chi connectivity index (χ1v) is 17.4.